The minimum absolute atomic E-state index is 0.181. The molecule has 0 bridgehead atoms. The maximum atomic E-state index is 13.6. The summed E-state index contributed by atoms with van der Waals surface area (Å²) in [4.78, 5) is 2.26. The van der Waals surface area contributed by atoms with E-state index < -0.39 is 0 Å². The van der Waals surface area contributed by atoms with Crippen molar-refractivity contribution >= 4 is 5.69 Å². The van der Waals surface area contributed by atoms with Crippen LogP contribution in [0.1, 0.15) is 25.3 Å². The molecule has 0 spiro atoms. The summed E-state index contributed by atoms with van der Waals surface area (Å²) in [5.41, 5.74) is 7.03. The molecule has 1 unspecified atom stereocenters. The molecule has 0 saturated carbocycles. The van der Waals surface area contributed by atoms with Crippen LogP contribution in [0, 0.1) is 11.7 Å². The Balaban J connectivity index is 2.13. The van der Waals surface area contributed by atoms with E-state index in [1.807, 2.05) is 6.07 Å². The topological polar surface area (TPSA) is 29.3 Å². The fraction of sp³-hybridized carbons (Fsp3) is 0.538. The van der Waals surface area contributed by atoms with Crippen molar-refractivity contribution < 1.29 is 4.39 Å². The molecule has 0 radical (unpaired) electrons. The number of hydrogen-bond donors (Lipinski definition) is 1. The van der Waals surface area contributed by atoms with Gasteiger partial charge in [-0.05, 0) is 24.5 Å². The minimum atomic E-state index is -0.181. The summed E-state index contributed by atoms with van der Waals surface area (Å²) in [6, 6.07) is 5.38. The molecular formula is C13H19FN2. The van der Waals surface area contributed by atoms with Crippen LogP contribution < -0.4 is 10.6 Å². The first-order valence-electron chi connectivity index (χ1n) is 5.98. The van der Waals surface area contributed by atoms with Crippen LogP contribution in [0.5, 0.6) is 0 Å². The van der Waals surface area contributed by atoms with Crippen LogP contribution in [0.2, 0.25) is 0 Å². The first-order valence-corrected chi connectivity index (χ1v) is 5.98. The van der Waals surface area contributed by atoms with E-state index in [1.54, 1.807) is 12.1 Å². The molecule has 1 aliphatic heterocycles. The van der Waals surface area contributed by atoms with Gasteiger partial charge in [-0.2, -0.15) is 0 Å². The molecule has 1 saturated heterocycles. The summed E-state index contributed by atoms with van der Waals surface area (Å²) in [6.45, 7) is 4.58. The maximum absolute atomic E-state index is 13.6. The van der Waals surface area contributed by atoms with Gasteiger partial charge in [-0.25, -0.2) is 4.39 Å². The van der Waals surface area contributed by atoms with Gasteiger partial charge in [-0.1, -0.05) is 19.4 Å². The lowest BCUT2D eigenvalue weighted by Crippen LogP contribution is -2.19. The Bertz CT molecular complexity index is 365. The van der Waals surface area contributed by atoms with E-state index in [2.05, 4.69) is 11.8 Å². The Morgan fingerprint density at radius 2 is 2.31 bits per heavy atom. The van der Waals surface area contributed by atoms with Crippen molar-refractivity contribution in [2.24, 2.45) is 11.7 Å². The molecule has 1 aliphatic rings. The number of nitrogens with two attached hydrogens (primary N) is 1. The van der Waals surface area contributed by atoms with E-state index in [9.17, 15) is 4.39 Å². The van der Waals surface area contributed by atoms with Gasteiger partial charge in [-0.3, -0.25) is 0 Å². The Hall–Kier alpha value is -1.09. The van der Waals surface area contributed by atoms with Crippen LogP contribution >= 0.6 is 0 Å². The van der Waals surface area contributed by atoms with Crippen molar-refractivity contribution in [3.63, 3.8) is 0 Å². The third kappa shape index (κ3) is 2.19. The molecule has 1 aromatic rings. The SMILES string of the molecule is CCC1CCN(c2ccc(CN)c(F)c2)C1. The fourth-order valence-corrected chi connectivity index (χ4v) is 2.30. The number of nitrogens with zero attached hydrogens (tertiary/aromatic N) is 1. The zero-order valence-electron chi connectivity index (χ0n) is 9.75. The molecule has 0 aliphatic carbocycles. The predicted octanol–water partition coefficient (Wildman–Crippen LogP) is 2.52. The molecule has 3 heteroatoms. The number of benzene rings is 1. The highest BCUT2D eigenvalue weighted by Gasteiger charge is 2.21. The molecule has 2 rings (SSSR count). The molecule has 2 nitrogen and oxygen atoms in total. The number of anilines is 1. The van der Waals surface area contributed by atoms with Crippen LogP contribution in [-0.2, 0) is 6.54 Å². The summed E-state index contributed by atoms with van der Waals surface area (Å²) >= 11 is 0. The summed E-state index contributed by atoms with van der Waals surface area (Å²) < 4.78 is 13.6. The summed E-state index contributed by atoms with van der Waals surface area (Å²) in [7, 11) is 0. The highest BCUT2D eigenvalue weighted by atomic mass is 19.1. The third-order valence-corrected chi connectivity index (χ3v) is 3.48. The number of rotatable bonds is 3. The lowest BCUT2D eigenvalue weighted by Gasteiger charge is -2.19. The summed E-state index contributed by atoms with van der Waals surface area (Å²) in [6.07, 6.45) is 2.43. The Kier molecular flexibility index (Phi) is 3.44. The van der Waals surface area contributed by atoms with Gasteiger partial charge in [0.05, 0.1) is 0 Å². The lowest BCUT2D eigenvalue weighted by molar-refractivity contribution is 0.568. The predicted molar refractivity (Wildman–Crippen MR) is 64.9 cm³/mol. The standard InChI is InChI=1S/C13H19FN2/c1-2-10-5-6-16(9-10)12-4-3-11(8-15)13(14)7-12/h3-4,7,10H,2,5-6,8-9,15H2,1H3. The quantitative estimate of drug-likeness (QED) is 0.851. The van der Waals surface area contributed by atoms with Crippen LogP contribution in [0.15, 0.2) is 18.2 Å². The van der Waals surface area contributed by atoms with Gasteiger partial charge in [-0.15, -0.1) is 0 Å². The second-order valence-corrected chi connectivity index (χ2v) is 4.49. The van der Waals surface area contributed by atoms with E-state index >= 15 is 0 Å². The monoisotopic (exact) mass is 222 g/mol. The first kappa shape index (κ1) is 11.4. The first-order chi connectivity index (χ1) is 7.74. The lowest BCUT2D eigenvalue weighted by atomic mass is 10.1. The van der Waals surface area contributed by atoms with E-state index in [0.717, 1.165) is 24.7 Å². The zero-order chi connectivity index (χ0) is 11.5. The normalized spacial score (nSPS) is 20.4. The third-order valence-electron chi connectivity index (χ3n) is 3.48. The summed E-state index contributed by atoms with van der Waals surface area (Å²) in [5.74, 6) is 0.581. The Morgan fingerprint density at radius 3 is 2.88 bits per heavy atom. The number of hydrogen-bond acceptors (Lipinski definition) is 2. The van der Waals surface area contributed by atoms with Crippen LogP contribution in [-0.4, -0.2) is 13.1 Å². The van der Waals surface area contributed by atoms with Crippen molar-refractivity contribution in [2.45, 2.75) is 26.3 Å². The Morgan fingerprint density at radius 1 is 1.50 bits per heavy atom. The van der Waals surface area contributed by atoms with Crippen LogP contribution in [0.25, 0.3) is 0 Å². The van der Waals surface area contributed by atoms with Gasteiger partial charge in [0.2, 0.25) is 0 Å². The minimum Gasteiger partial charge on any atom is -0.371 e. The average Bonchev–Trinajstić information content (AvgIpc) is 2.77. The van der Waals surface area contributed by atoms with E-state index in [1.165, 1.54) is 12.8 Å². The number of halogens is 1. The largest absolute Gasteiger partial charge is 0.371 e. The summed E-state index contributed by atoms with van der Waals surface area (Å²) in [5, 5.41) is 0. The molecule has 0 aromatic heterocycles. The molecule has 1 atom stereocenters. The molecule has 1 aromatic carbocycles. The second kappa shape index (κ2) is 4.83. The van der Waals surface area contributed by atoms with Crippen molar-refractivity contribution in [1.82, 2.24) is 0 Å². The maximum Gasteiger partial charge on any atom is 0.129 e. The van der Waals surface area contributed by atoms with E-state index in [4.69, 9.17) is 5.73 Å². The molecule has 0 amide bonds. The van der Waals surface area contributed by atoms with Crippen molar-refractivity contribution in [3.05, 3.63) is 29.6 Å². The van der Waals surface area contributed by atoms with Gasteiger partial charge in [0.1, 0.15) is 5.82 Å². The van der Waals surface area contributed by atoms with E-state index in [0.29, 0.717) is 5.56 Å². The van der Waals surface area contributed by atoms with Crippen molar-refractivity contribution in [1.29, 1.82) is 0 Å². The van der Waals surface area contributed by atoms with Gasteiger partial charge in [0, 0.05) is 30.9 Å². The highest BCUT2D eigenvalue weighted by Crippen LogP contribution is 2.26. The molecule has 88 valence electrons. The molecular weight excluding hydrogens is 203 g/mol. The van der Waals surface area contributed by atoms with Gasteiger partial charge in [0.25, 0.3) is 0 Å². The highest BCUT2D eigenvalue weighted by molar-refractivity contribution is 5.49. The molecule has 1 fully saturated rings. The molecule has 2 N–H and O–H groups in total. The fourth-order valence-electron chi connectivity index (χ4n) is 2.30. The molecule has 16 heavy (non-hydrogen) atoms. The zero-order valence-corrected chi connectivity index (χ0v) is 9.75. The van der Waals surface area contributed by atoms with Crippen LogP contribution in [0.4, 0.5) is 10.1 Å². The second-order valence-electron chi connectivity index (χ2n) is 4.49. The Labute approximate surface area is 96.2 Å². The van der Waals surface area contributed by atoms with Gasteiger partial charge in [0.15, 0.2) is 0 Å². The average molecular weight is 222 g/mol. The smallest absolute Gasteiger partial charge is 0.129 e. The van der Waals surface area contributed by atoms with E-state index in [-0.39, 0.29) is 12.4 Å². The van der Waals surface area contributed by atoms with Crippen molar-refractivity contribution in [2.75, 3.05) is 18.0 Å². The van der Waals surface area contributed by atoms with Gasteiger partial charge >= 0.3 is 0 Å². The molecule has 1 heterocycles. The van der Waals surface area contributed by atoms with Gasteiger partial charge < -0.3 is 10.6 Å². The van der Waals surface area contributed by atoms with Crippen LogP contribution in [0.3, 0.4) is 0 Å². The van der Waals surface area contributed by atoms with Crippen molar-refractivity contribution in [3.8, 4) is 0 Å².